The van der Waals surface area contributed by atoms with Gasteiger partial charge in [0.2, 0.25) is 0 Å². The monoisotopic (exact) mass is 281 g/mol. The van der Waals surface area contributed by atoms with Crippen molar-refractivity contribution in [1.29, 1.82) is 0 Å². The summed E-state index contributed by atoms with van der Waals surface area (Å²) in [6.45, 7) is 1.73. The molecule has 0 aliphatic carbocycles. The lowest BCUT2D eigenvalue weighted by Crippen LogP contribution is -2.17. The van der Waals surface area contributed by atoms with Crippen LogP contribution in [0.25, 0.3) is 0 Å². The fourth-order valence-electron chi connectivity index (χ4n) is 1.27. The fraction of sp³-hybridized carbons (Fsp3) is 0.455. The Morgan fingerprint density at radius 3 is 2.17 bits per heavy atom. The SMILES string of the molecule is CCS(=O)(=O)CCNc1ccc(C(F)(F)F)cc1. The zero-order valence-corrected chi connectivity index (χ0v) is 10.6. The van der Waals surface area contributed by atoms with Crippen LogP contribution < -0.4 is 5.32 Å². The minimum absolute atomic E-state index is 0.0372. The first-order valence-electron chi connectivity index (χ1n) is 5.36. The quantitative estimate of drug-likeness (QED) is 0.902. The van der Waals surface area contributed by atoms with E-state index in [9.17, 15) is 21.6 Å². The number of alkyl halides is 3. The average molecular weight is 281 g/mol. The second kappa shape index (κ2) is 5.60. The smallest absolute Gasteiger partial charge is 0.384 e. The number of sulfone groups is 1. The first kappa shape index (κ1) is 14.8. The summed E-state index contributed by atoms with van der Waals surface area (Å²) in [7, 11) is -3.06. The van der Waals surface area contributed by atoms with Gasteiger partial charge in [-0.25, -0.2) is 8.42 Å². The predicted octanol–water partition coefficient (Wildman–Crippen LogP) is 2.55. The highest BCUT2D eigenvalue weighted by molar-refractivity contribution is 7.91. The molecule has 1 aromatic rings. The second-order valence-corrected chi connectivity index (χ2v) is 6.21. The maximum absolute atomic E-state index is 12.3. The Hall–Kier alpha value is -1.24. The molecular formula is C11H14F3NO2S. The highest BCUT2D eigenvalue weighted by Crippen LogP contribution is 2.29. The van der Waals surface area contributed by atoms with Crippen molar-refractivity contribution >= 4 is 15.5 Å². The van der Waals surface area contributed by atoms with E-state index < -0.39 is 21.6 Å². The summed E-state index contributed by atoms with van der Waals surface area (Å²) in [6.07, 6.45) is -4.36. The van der Waals surface area contributed by atoms with Gasteiger partial charge in [0, 0.05) is 18.0 Å². The summed E-state index contributed by atoms with van der Waals surface area (Å²) in [4.78, 5) is 0. The largest absolute Gasteiger partial charge is 0.416 e. The van der Waals surface area contributed by atoms with Crippen molar-refractivity contribution in [3.8, 4) is 0 Å². The number of benzene rings is 1. The molecule has 102 valence electrons. The topological polar surface area (TPSA) is 46.2 Å². The van der Waals surface area contributed by atoms with Gasteiger partial charge >= 0.3 is 6.18 Å². The van der Waals surface area contributed by atoms with Crippen LogP contribution >= 0.6 is 0 Å². The van der Waals surface area contributed by atoms with E-state index in [1.54, 1.807) is 6.92 Å². The number of hydrogen-bond donors (Lipinski definition) is 1. The van der Waals surface area contributed by atoms with Crippen molar-refractivity contribution in [3.63, 3.8) is 0 Å². The van der Waals surface area contributed by atoms with Crippen molar-refractivity contribution in [2.75, 3.05) is 23.4 Å². The number of halogens is 3. The average Bonchev–Trinajstić information content (AvgIpc) is 2.28. The van der Waals surface area contributed by atoms with E-state index in [1.165, 1.54) is 12.1 Å². The molecule has 0 unspecified atom stereocenters. The molecule has 0 bridgehead atoms. The third-order valence-electron chi connectivity index (χ3n) is 2.39. The normalized spacial score (nSPS) is 12.4. The van der Waals surface area contributed by atoms with Gasteiger partial charge in [-0.3, -0.25) is 0 Å². The molecular weight excluding hydrogens is 267 g/mol. The number of nitrogens with one attached hydrogen (secondary N) is 1. The van der Waals surface area contributed by atoms with Crippen LogP contribution in [0, 0.1) is 0 Å². The molecule has 0 aromatic heterocycles. The summed E-state index contributed by atoms with van der Waals surface area (Å²) >= 11 is 0. The molecule has 7 heteroatoms. The van der Waals surface area contributed by atoms with E-state index >= 15 is 0 Å². The Kier molecular flexibility index (Phi) is 4.61. The molecule has 0 aliphatic heterocycles. The Balaban J connectivity index is 2.55. The van der Waals surface area contributed by atoms with Gasteiger partial charge in [0.05, 0.1) is 11.3 Å². The first-order chi connectivity index (χ1) is 8.24. The van der Waals surface area contributed by atoms with Gasteiger partial charge in [-0.2, -0.15) is 13.2 Å². The molecule has 0 spiro atoms. The van der Waals surface area contributed by atoms with Crippen LogP contribution in [0.4, 0.5) is 18.9 Å². The van der Waals surface area contributed by atoms with E-state index in [-0.39, 0.29) is 18.1 Å². The summed E-state index contributed by atoms with van der Waals surface area (Å²) in [5.41, 5.74) is -0.261. The third-order valence-corrected chi connectivity index (χ3v) is 4.10. The second-order valence-electron chi connectivity index (χ2n) is 3.74. The molecule has 0 saturated carbocycles. The van der Waals surface area contributed by atoms with E-state index in [2.05, 4.69) is 5.32 Å². The van der Waals surface area contributed by atoms with Gasteiger partial charge in [0.25, 0.3) is 0 Å². The summed E-state index contributed by atoms with van der Waals surface area (Å²) in [6, 6.07) is 4.47. The Bertz CT molecular complexity index is 480. The fourth-order valence-corrected chi connectivity index (χ4v) is 1.97. The van der Waals surface area contributed by atoms with Crippen molar-refractivity contribution in [1.82, 2.24) is 0 Å². The molecule has 0 atom stereocenters. The van der Waals surface area contributed by atoms with E-state index in [0.29, 0.717) is 5.69 Å². The van der Waals surface area contributed by atoms with Gasteiger partial charge in [-0.15, -0.1) is 0 Å². The summed E-state index contributed by atoms with van der Waals surface area (Å²) in [5.74, 6) is 0.0201. The number of anilines is 1. The highest BCUT2D eigenvalue weighted by Gasteiger charge is 2.29. The van der Waals surface area contributed by atoms with Crippen LogP contribution in [-0.4, -0.2) is 26.5 Å². The standard InChI is InChI=1S/C11H14F3NO2S/c1-2-18(16,17)8-7-15-10-5-3-9(4-6-10)11(12,13)14/h3-6,15H,2,7-8H2,1H3. The minimum Gasteiger partial charge on any atom is -0.384 e. The molecule has 3 nitrogen and oxygen atoms in total. The third kappa shape index (κ3) is 4.56. The van der Waals surface area contributed by atoms with Crippen LogP contribution in [0.15, 0.2) is 24.3 Å². The van der Waals surface area contributed by atoms with E-state index in [0.717, 1.165) is 12.1 Å². The van der Waals surface area contributed by atoms with Crippen LogP contribution in [0.2, 0.25) is 0 Å². The van der Waals surface area contributed by atoms with Crippen molar-refractivity contribution in [3.05, 3.63) is 29.8 Å². The van der Waals surface area contributed by atoms with Gasteiger partial charge in [0.15, 0.2) is 9.84 Å². The predicted molar refractivity (Wildman–Crippen MR) is 64.3 cm³/mol. The molecule has 0 heterocycles. The van der Waals surface area contributed by atoms with Crippen LogP contribution in [-0.2, 0) is 16.0 Å². The Labute approximate surface area is 104 Å². The summed E-state index contributed by atoms with van der Waals surface area (Å²) < 4.78 is 59.2. The zero-order valence-electron chi connectivity index (χ0n) is 9.79. The Morgan fingerprint density at radius 1 is 1.17 bits per heavy atom. The number of rotatable bonds is 5. The molecule has 0 amide bonds. The lowest BCUT2D eigenvalue weighted by Gasteiger charge is -2.09. The molecule has 1 rings (SSSR count). The van der Waals surface area contributed by atoms with Crippen LogP contribution in [0.1, 0.15) is 12.5 Å². The van der Waals surface area contributed by atoms with Crippen LogP contribution in [0.5, 0.6) is 0 Å². The molecule has 1 aromatic carbocycles. The van der Waals surface area contributed by atoms with Gasteiger partial charge < -0.3 is 5.32 Å². The minimum atomic E-state index is -4.36. The molecule has 0 radical (unpaired) electrons. The van der Waals surface area contributed by atoms with E-state index in [4.69, 9.17) is 0 Å². The van der Waals surface area contributed by atoms with Crippen molar-refractivity contribution in [2.45, 2.75) is 13.1 Å². The Morgan fingerprint density at radius 2 is 1.72 bits per heavy atom. The first-order valence-corrected chi connectivity index (χ1v) is 7.18. The molecule has 1 N–H and O–H groups in total. The number of hydrogen-bond acceptors (Lipinski definition) is 3. The lowest BCUT2D eigenvalue weighted by molar-refractivity contribution is -0.137. The molecule has 0 fully saturated rings. The summed E-state index contributed by atoms with van der Waals surface area (Å²) in [5, 5.41) is 2.77. The van der Waals surface area contributed by atoms with Crippen molar-refractivity contribution in [2.24, 2.45) is 0 Å². The maximum Gasteiger partial charge on any atom is 0.416 e. The molecule has 0 aliphatic rings. The lowest BCUT2D eigenvalue weighted by atomic mass is 10.2. The maximum atomic E-state index is 12.3. The zero-order chi connectivity index (χ0) is 13.8. The highest BCUT2D eigenvalue weighted by atomic mass is 32.2. The van der Waals surface area contributed by atoms with Gasteiger partial charge in [-0.1, -0.05) is 6.92 Å². The molecule has 0 saturated heterocycles. The van der Waals surface area contributed by atoms with E-state index in [1.807, 2.05) is 0 Å². The van der Waals surface area contributed by atoms with Crippen LogP contribution in [0.3, 0.4) is 0 Å². The van der Waals surface area contributed by atoms with Gasteiger partial charge in [0.1, 0.15) is 0 Å². The van der Waals surface area contributed by atoms with Crippen molar-refractivity contribution < 1.29 is 21.6 Å². The van der Waals surface area contributed by atoms with Gasteiger partial charge in [-0.05, 0) is 24.3 Å². The molecule has 18 heavy (non-hydrogen) atoms.